The van der Waals surface area contributed by atoms with Crippen molar-refractivity contribution in [1.82, 2.24) is 25.3 Å². The predicted octanol–water partition coefficient (Wildman–Crippen LogP) is 2.48. The van der Waals surface area contributed by atoms with Crippen LogP contribution in [0.15, 0.2) is 35.3 Å². The Balaban J connectivity index is 1.50. The van der Waals surface area contributed by atoms with Gasteiger partial charge in [0.1, 0.15) is 0 Å². The monoisotopic (exact) mass is 428 g/mol. The topological polar surface area (TPSA) is 46.1 Å². The number of benzene rings is 1. The number of piperazine rings is 1. The van der Waals surface area contributed by atoms with Crippen LogP contribution in [0.3, 0.4) is 0 Å². The summed E-state index contributed by atoms with van der Waals surface area (Å²) in [5.41, 5.74) is 1.41. The van der Waals surface area contributed by atoms with Crippen molar-refractivity contribution in [3.8, 4) is 0 Å². The smallest absolute Gasteiger partial charge is 0.191 e. The first kappa shape index (κ1) is 24.0. The molecule has 2 heterocycles. The summed E-state index contributed by atoms with van der Waals surface area (Å²) in [6.07, 6.45) is 2.34. The molecule has 2 aliphatic rings. The Hall–Kier alpha value is -1.63. The van der Waals surface area contributed by atoms with E-state index in [1.54, 1.807) is 0 Å². The number of piperidine rings is 1. The summed E-state index contributed by atoms with van der Waals surface area (Å²) in [5, 5.41) is 7.21. The number of aliphatic imine (C=N–C) groups is 1. The van der Waals surface area contributed by atoms with Gasteiger partial charge in [-0.25, -0.2) is 0 Å². The average Bonchev–Trinajstić information content (AvgIpc) is 2.77. The fourth-order valence-corrected chi connectivity index (χ4v) is 4.68. The largest absolute Gasteiger partial charge is 0.357 e. The van der Waals surface area contributed by atoms with Crippen molar-refractivity contribution in [3.63, 3.8) is 0 Å². The van der Waals surface area contributed by atoms with E-state index < -0.39 is 0 Å². The number of rotatable bonds is 8. The molecule has 31 heavy (non-hydrogen) atoms. The van der Waals surface area contributed by atoms with Crippen LogP contribution in [0, 0.1) is 5.92 Å². The van der Waals surface area contributed by atoms with E-state index in [1.165, 1.54) is 18.4 Å². The molecule has 0 bridgehead atoms. The third-order valence-corrected chi connectivity index (χ3v) is 6.73. The minimum atomic E-state index is 0.506. The molecule has 0 saturated carbocycles. The van der Waals surface area contributed by atoms with Crippen LogP contribution in [-0.2, 0) is 6.54 Å². The highest BCUT2D eigenvalue weighted by atomic mass is 15.3. The second-order valence-corrected chi connectivity index (χ2v) is 9.55. The minimum absolute atomic E-state index is 0.506. The lowest BCUT2D eigenvalue weighted by atomic mass is 10.0. The minimum Gasteiger partial charge on any atom is -0.357 e. The molecule has 174 valence electrons. The molecule has 1 aromatic carbocycles. The molecule has 2 N–H and O–H groups in total. The third kappa shape index (κ3) is 7.78. The van der Waals surface area contributed by atoms with Gasteiger partial charge in [-0.15, -0.1) is 0 Å². The second-order valence-electron chi connectivity index (χ2n) is 9.55. The molecular formula is C25H44N6. The van der Waals surface area contributed by atoms with Crippen molar-refractivity contribution in [2.24, 2.45) is 10.9 Å². The van der Waals surface area contributed by atoms with E-state index in [-0.39, 0.29) is 0 Å². The molecule has 3 rings (SSSR count). The van der Waals surface area contributed by atoms with Crippen molar-refractivity contribution in [3.05, 3.63) is 35.9 Å². The molecule has 1 unspecified atom stereocenters. The first-order valence-electron chi connectivity index (χ1n) is 12.3. The van der Waals surface area contributed by atoms with Crippen LogP contribution < -0.4 is 10.6 Å². The number of likely N-dealkylation sites (N-methyl/N-ethyl adjacent to an activating group) is 1. The van der Waals surface area contributed by atoms with E-state index in [0.29, 0.717) is 18.0 Å². The first-order chi connectivity index (χ1) is 15.0. The van der Waals surface area contributed by atoms with Crippen LogP contribution in [0.5, 0.6) is 0 Å². The van der Waals surface area contributed by atoms with Crippen LogP contribution in [0.2, 0.25) is 0 Å². The molecule has 0 amide bonds. The third-order valence-electron chi connectivity index (χ3n) is 6.73. The summed E-state index contributed by atoms with van der Waals surface area (Å²) in [6, 6.07) is 11.8. The zero-order chi connectivity index (χ0) is 22.1. The van der Waals surface area contributed by atoms with Crippen LogP contribution in [0.4, 0.5) is 0 Å². The van der Waals surface area contributed by atoms with Gasteiger partial charge in [0.15, 0.2) is 5.96 Å². The van der Waals surface area contributed by atoms with E-state index in [1.807, 2.05) is 0 Å². The highest BCUT2D eigenvalue weighted by Gasteiger charge is 2.25. The molecule has 2 saturated heterocycles. The maximum Gasteiger partial charge on any atom is 0.191 e. The molecule has 2 aliphatic heterocycles. The zero-order valence-corrected chi connectivity index (χ0v) is 20.2. The number of likely N-dealkylation sites (tertiary alicyclic amines) is 1. The molecule has 6 nitrogen and oxygen atoms in total. The lowest BCUT2D eigenvalue weighted by Gasteiger charge is -2.39. The molecule has 2 fully saturated rings. The Morgan fingerprint density at radius 1 is 1.03 bits per heavy atom. The number of nitrogens with zero attached hydrogens (tertiary/aromatic N) is 4. The van der Waals surface area contributed by atoms with E-state index >= 15 is 0 Å². The van der Waals surface area contributed by atoms with E-state index in [0.717, 1.165) is 64.9 Å². The standard InChI is InChI=1S/C25H44N6/c1-5-26-25(27-19-24(21(2)3)31-17-15-29(4)16-18-31)28-23-11-13-30(14-12-23)20-22-9-7-6-8-10-22/h6-10,21,23-24H,5,11-20H2,1-4H3,(H2,26,27,28). The van der Waals surface area contributed by atoms with E-state index in [9.17, 15) is 0 Å². The van der Waals surface area contributed by atoms with Gasteiger partial charge in [-0.1, -0.05) is 44.2 Å². The molecule has 0 radical (unpaired) electrons. The van der Waals surface area contributed by atoms with Crippen LogP contribution >= 0.6 is 0 Å². The quantitative estimate of drug-likeness (QED) is 0.492. The van der Waals surface area contributed by atoms with Gasteiger partial charge in [-0.3, -0.25) is 14.8 Å². The Labute approximate surface area is 190 Å². The van der Waals surface area contributed by atoms with Crippen molar-refractivity contribution in [1.29, 1.82) is 0 Å². The Morgan fingerprint density at radius 2 is 1.71 bits per heavy atom. The van der Waals surface area contributed by atoms with Crippen LogP contribution in [-0.4, -0.2) is 92.1 Å². The lowest BCUT2D eigenvalue weighted by Crippen LogP contribution is -2.52. The Morgan fingerprint density at radius 3 is 2.32 bits per heavy atom. The summed E-state index contributed by atoms with van der Waals surface area (Å²) in [6.45, 7) is 16.6. The van der Waals surface area contributed by atoms with Crippen molar-refractivity contribution in [2.75, 3.05) is 59.4 Å². The second kappa shape index (κ2) is 12.4. The van der Waals surface area contributed by atoms with Crippen molar-refractivity contribution in [2.45, 2.75) is 52.2 Å². The fourth-order valence-electron chi connectivity index (χ4n) is 4.68. The highest BCUT2D eigenvalue weighted by molar-refractivity contribution is 5.80. The maximum atomic E-state index is 5.04. The van der Waals surface area contributed by atoms with Gasteiger partial charge in [0.2, 0.25) is 0 Å². The molecule has 1 aromatic rings. The lowest BCUT2D eigenvalue weighted by molar-refractivity contribution is 0.0925. The van der Waals surface area contributed by atoms with Crippen molar-refractivity contribution < 1.29 is 0 Å². The first-order valence-corrected chi connectivity index (χ1v) is 12.3. The Kier molecular flexibility index (Phi) is 9.62. The molecule has 0 aromatic heterocycles. The summed E-state index contributed by atoms with van der Waals surface area (Å²) in [4.78, 5) is 12.7. The maximum absolute atomic E-state index is 5.04. The summed E-state index contributed by atoms with van der Waals surface area (Å²) in [5.74, 6) is 1.60. The average molecular weight is 429 g/mol. The summed E-state index contributed by atoms with van der Waals surface area (Å²) in [7, 11) is 2.22. The van der Waals surface area contributed by atoms with E-state index in [2.05, 4.69) is 83.5 Å². The normalized spacial score (nSPS) is 21.4. The number of guanidine groups is 1. The Bertz CT molecular complexity index is 645. The van der Waals surface area contributed by atoms with Gasteiger partial charge < -0.3 is 15.5 Å². The molecule has 1 atom stereocenters. The highest BCUT2D eigenvalue weighted by Crippen LogP contribution is 2.15. The van der Waals surface area contributed by atoms with Crippen molar-refractivity contribution >= 4 is 5.96 Å². The molecular weight excluding hydrogens is 384 g/mol. The van der Waals surface area contributed by atoms with Gasteiger partial charge >= 0.3 is 0 Å². The predicted molar refractivity (Wildman–Crippen MR) is 132 cm³/mol. The number of hydrogen-bond acceptors (Lipinski definition) is 4. The van der Waals surface area contributed by atoms with Gasteiger partial charge in [0.25, 0.3) is 0 Å². The number of nitrogens with one attached hydrogen (secondary N) is 2. The summed E-state index contributed by atoms with van der Waals surface area (Å²) < 4.78 is 0. The molecule has 6 heteroatoms. The van der Waals surface area contributed by atoms with Gasteiger partial charge in [0.05, 0.1) is 6.54 Å². The fraction of sp³-hybridized carbons (Fsp3) is 0.720. The van der Waals surface area contributed by atoms with Gasteiger partial charge in [-0.05, 0) is 38.3 Å². The number of hydrogen-bond donors (Lipinski definition) is 2. The molecule has 0 aliphatic carbocycles. The van der Waals surface area contributed by atoms with Crippen LogP contribution in [0.25, 0.3) is 0 Å². The SMILES string of the molecule is CCNC(=NCC(C(C)C)N1CCN(C)CC1)NC1CCN(Cc2ccccc2)CC1. The van der Waals surface area contributed by atoms with Gasteiger partial charge in [-0.2, -0.15) is 0 Å². The molecule has 0 spiro atoms. The van der Waals surface area contributed by atoms with Gasteiger partial charge in [0, 0.05) is 64.4 Å². The zero-order valence-electron chi connectivity index (χ0n) is 20.2. The van der Waals surface area contributed by atoms with E-state index in [4.69, 9.17) is 4.99 Å². The summed E-state index contributed by atoms with van der Waals surface area (Å²) >= 11 is 0. The van der Waals surface area contributed by atoms with Crippen LogP contribution in [0.1, 0.15) is 39.2 Å².